The SMILES string of the molecule is CC(=O)OC[C@H]1O[C@@H](Sc2nnc(-c3cc4ccccc4n3Cc3ccccc3)o2)[C@H](OC(C)=O)[C@@H](OC(C)=O)[C@@H]1OC(C)=O. The lowest BCUT2D eigenvalue weighted by atomic mass is 9.99. The number of nitrogens with zero attached hydrogens (tertiary/aromatic N) is 3. The van der Waals surface area contributed by atoms with Crippen molar-refractivity contribution in [1.29, 1.82) is 0 Å². The molecule has 2 aromatic carbocycles. The molecular weight excluding hydrogens is 606 g/mol. The number of hydrogen-bond acceptors (Lipinski definition) is 13. The van der Waals surface area contributed by atoms with E-state index in [1.807, 2.05) is 60.7 Å². The fraction of sp³-hybridized carbons (Fsp3) is 0.355. The summed E-state index contributed by atoms with van der Waals surface area (Å²) in [5.41, 5.74) is 1.63. The highest BCUT2D eigenvalue weighted by Gasteiger charge is 2.53. The van der Waals surface area contributed by atoms with Gasteiger partial charge in [-0.05, 0) is 29.5 Å². The molecule has 45 heavy (non-hydrogen) atoms. The normalized spacial score (nSPS) is 21.2. The number of fused-ring (bicyclic) bond motifs is 1. The van der Waals surface area contributed by atoms with E-state index >= 15 is 0 Å². The maximum atomic E-state index is 12.2. The number of benzene rings is 2. The molecule has 0 amide bonds. The third-order valence-electron chi connectivity index (χ3n) is 6.78. The molecule has 5 rings (SSSR count). The van der Waals surface area contributed by atoms with Gasteiger partial charge in [-0.25, -0.2) is 0 Å². The Bertz CT molecular complexity index is 1690. The van der Waals surface area contributed by atoms with Gasteiger partial charge in [0.1, 0.15) is 18.4 Å². The highest BCUT2D eigenvalue weighted by Crippen LogP contribution is 2.38. The average Bonchev–Trinajstić information content (AvgIpc) is 3.59. The number of thioether (sulfide) groups is 1. The van der Waals surface area contributed by atoms with Crippen molar-refractivity contribution < 1.29 is 47.3 Å². The fourth-order valence-corrected chi connectivity index (χ4v) is 6.02. The van der Waals surface area contributed by atoms with Gasteiger partial charge in [0.25, 0.3) is 11.1 Å². The molecule has 236 valence electrons. The molecule has 14 heteroatoms. The van der Waals surface area contributed by atoms with Crippen LogP contribution in [-0.2, 0) is 49.4 Å². The van der Waals surface area contributed by atoms with Crippen molar-refractivity contribution in [3.05, 3.63) is 66.2 Å². The Morgan fingerprint density at radius 3 is 2.13 bits per heavy atom. The zero-order valence-corrected chi connectivity index (χ0v) is 25.7. The summed E-state index contributed by atoms with van der Waals surface area (Å²) in [6.45, 7) is 4.91. The number of rotatable bonds is 10. The summed E-state index contributed by atoms with van der Waals surface area (Å²) in [6, 6.07) is 19.8. The van der Waals surface area contributed by atoms with Crippen LogP contribution < -0.4 is 0 Å². The highest BCUT2D eigenvalue weighted by atomic mass is 32.2. The number of carbonyl (C=O) groups is 4. The summed E-state index contributed by atoms with van der Waals surface area (Å²) in [6.07, 6.45) is -4.94. The summed E-state index contributed by atoms with van der Waals surface area (Å²) in [7, 11) is 0. The molecule has 5 atom stereocenters. The first-order valence-electron chi connectivity index (χ1n) is 14.0. The van der Waals surface area contributed by atoms with E-state index in [0.717, 1.165) is 42.1 Å². The van der Waals surface area contributed by atoms with E-state index in [1.54, 1.807) is 0 Å². The molecule has 1 saturated heterocycles. The van der Waals surface area contributed by atoms with Crippen LogP contribution in [0.2, 0.25) is 0 Å². The van der Waals surface area contributed by atoms with Gasteiger partial charge in [0.2, 0.25) is 0 Å². The topological polar surface area (TPSA) is 158 Å². The maximum Gasteiger partial charge on any atom is 0.303 e. The Morgan fingerprint density at radius 1 is 0.800 bits per heavy atom. The van der Waals surface area contributed by atoms with Crippen LogP contribution in [-0.4, -0.2) is 75.1 Å². The molecule has 0 saturated carbocycles. The van der Waals surface area contributed by atoms with Crippen molar-refractivity contribution >= 4 is 46.5 Å². The van der Waals surface area contributed by atoms with Crippen LogP contribution in [0.4, 0.5) is 0 Å². The minimum absolute atomic E-state index is 0.0578. The standard InChI is InChI=1S/C31H31N3O10S/c1-17(35)39-16-25-26(40-18(2)36)27(41-19(3)37)28(42-20(4)38)30(43-25)45-31-33-32-29(44-31)24-14-22-12-8-9-13-23(22)34(24)15-21-10-6-5-7-11-21/h5-14,25-28,30H,15-16H2,1-4H3/t25-,26-,27+,28-,30+/m1/s1. The van der Waals surface area contributed by atoms with Gasteiger partial charge in [0, 0.05) is 45.1 Å². The predicted octanol–water partition coefficient (Wildman–Crippen LogP) is 3.91. The molecule has 0 unspecified atom stereocenters. The second-order valence-corrected chi connectivity index (χ2v) is 11.3. The van der Waals surface area contributed by atoms with Gasteiger partial charge in [-0.2, -0.15) is 0 Å². The van der Waals surface area contributed by atoms with Gasteiger partial charge in [-0.3, -0.25) is 19.2 Å². The average molecular weight is 638 g/mol. The summed E-state index contributed by atoms with van der Waals surface area (Å²) in [4.78, 5) is 47.9. The molecule has 3 heterocycles. The number of aromatic nitrogens is 3. The van der Waals surface area contributed by atoms with Crippen molar-refractivity contribution in [3.63, 3.8) is 0 Å². The molecule has 0 spiro atoms. The number of carbonyl (C=O) groups excluding carboxylic acids is 4. The maximum absolute atomic E-state index is 12.2. The molecule has 1 aliphatic rings. The van der Waals surface area contributed by atoms with Gasteiger partial charge in [0.15, 0.2) is 23.7 Å². The number of ether oxygens (including phenoxy) is 5. The Kier molecular flexibility index (Phi) is 9.83. The monoisotopic (exact) mass is 637 g/mol. The van der Waals surface area contributed by atoms with Crippen molar-refractivity contribution in [2.75, 3.05) is 6.61 Å². The second-order valence-electron chi connectivity index (χ2n) is 10.2. The summed E-state index contributed by atoms with van der Waals surface area (Å²) >= 11 is 0.915. The summed E-state index contributed by atoms with van der Waals surface area (Å²) in [5.74, 6) is -2.52. The van der Waals surface area contributed by atoms with E-state index in [9.17, 15) is 19.2 Å². The van der Waals surface area contributed by atoms with Crippen molar-refractivity contribution in [2.24, 2.45) is 0 Å². The molecule has 4 aromatic rings. The number of esters is 4. The highest BCUT2D eigenvalue weighted by molar-refractivity contribution is 7.99. The second kappa shape index (κ2) is 13.9. The molecule has 2 aromatic heterocycles. The van der Waals surface area contributed by atoms with Crippen LogP contribution in [0, 0.1) is 0 Å². The van der Waals surface area contributed by atoms with Crippen molar-refractivity contribution in [3.8, 4) is 11.6 Å². The minimum atomic E-state index is -1.31. The van der Waals surface area contributed by atoms with Gasteiger partial charge >= 0.3 is 23.9 Å². The van der Waals surface area contributed by atoms with Crippen molar-refractivity contribution in [2.45, 2.75) is 69.3 Å². The fourth-order valence-electron chi connectivity index (χ4n) is 5.07. The Labute approximate surface area is 262 Å². The molecule has 1 aliphatic heterocycles. The predicted molar refractivity (Wildman–Crippen MR) is 159 cm³/mol. The van der Waals surface area contributed by atoms with Crippen LogP contribution >= 0.6 is 11.8 Å². The molecular formula is C31H31N3O10S. The van der Waals surface area contributed by atoms with Crippen LogP contribution in [0.5, 0.6) is 0 Å². The lowest BCUT2D eigenvalue weighted by molar-refractivity contribution is -0.237. The van der Waals surface area contributed by atoms with E-state index in [2.05, 4.69) is 14.8 Å². The number of para-hydroxylation sites is 1. The third kappa shape index (κ3) is 7.70. The molecule has 1 fully saturated rings. The molecule has 13 nitrogen and oxygen atoms in total. The van der Waals surface area contributed by atoms with Gasteiger partial charge in [0.05, 0.1) is 0 Å². The summed E-state index contributed by atoms with van der Waals surface area (Å²) < 4.78 is 35.9. The minimum Gasteiger partial charge on any atom is -0.463 e. The van der Waals surface area contributed by atoms with E-state index in [4.69, 9.17) is 28.1 Å². The quantitative estimate of drug-likeness (QED) is 0.182. The Hall–Kier alpha value is -4.69. The largest absolute Gasteiger partial charge is 0.463 e. The van der Waals surface area contributed by atoms with E-state index < -0.39 is 53.7 Å². The first-order valence-corrected chi connectivity index (χ1v) is 14.9. The van der Waals surface area contributed by atoms with Gasteiger partial charge < -0.3 is 32.7 Å². The smallest absolute Gasteiger partial charge is 0.303 e. The van der Waals surface area contributed by atoms with Crippen molar-refractivity contribution in [1.82, 2.24) is 14.8 Å². The Balaban J connectivity index is 1.48. The lowest BCUT2D eigenvalue weighted by Gasteiger charge is -2.43. The molecule has 0 bridgehead atoms. The summed E-state index contributed by atoms with van der Waals surface area (Å²) in [5, 5.41) is 9.53. The van der Waals surface area contributed by atoms with Crippen LogP contribution in [0.15, 0.2) is 70.3 Å². The molecule has 0 N–H and O–H groups in total. The van der Waals surface area contributed by atoms with Crippen LogP contribution in [0.1, 0.15) is 33.3 Å². The zero-order valence-electron chi connectivity index (χ0n) is 24.9. The zero-order chi connectivity index (χ0) is 32.1. The molecule has 0 aliphatic carbocycles. The third-order valence-corrected chi connectivity index (χ3v) is 7.76. The van der Waals surface area contributed by atoms with E-state index in [0.29, 0.717) is 12.2 Å². The van der Waals surface area contributed by atoms with Gasteiger partial charge in [-0.15, -0.1) is 10.2 Å². The molecule has 0 radical (unpaired) electrons. The van der Waals surface area contributed by atoms with Gasteiger partial charge in [-0.1, -0.05) is 48.5 Å². The van der Waals surface area contributed by atoms with Crippen LogP contribution in [0.3, 0.4) is 0 Å². The number of hydrogen-bond donors (Lipinski definition) is 0. The first-order chi connectivity index (χ1) is 21.6. The lowest BCUT2D eigenvalue weighted by Crippen LogP contribution is -2.61. The first kappa shape index (κ1) is 31.7. The van der Waals surface area contributed by atoms with E-state index in [1.165, 1.54) is 13.8 Å². The van der Waals surface area contributed by atoms with E-state index in [-0.39, 0.29) is 17.7 Å². The Morgan fingerprint density at radius 2 is 1.44 bits per heavy atom. The van der Waals surface area contributed by atoms with Crippen LogP contribution in [0.25, 0.3) is 22.5 Å².